The molecule has 150 valence electrons. The van der Waals surface area contributed by atoms with Gasteiger partial charge in [-0.05, 0) is 37.6 Å². The minimum Gasteiger partial charge on any atom is -0.351 e. The van der Waals surface area contributed by atoms with Gasteiger partial charge in [-0.1, -0.05) is 41.2 Å². The molecule has 10 heteroatoms. The summed E-state index contributed by atoms with van der Waals surface area (Å²) in [6.45, 7) is 1.65. The van der Waals surface area contributed by atoms with E-state index in [4.69, 9.17) is 40.5 Å². The lowest BCUT2D eigenvalue weighted by atomic mass is 10.1. The van der Waals surface area contributed by atoms with Gasteiger partial charge in [-0.25, -0.2) is 4.79 Å². The molecular weight excluding hydrogens is 443 g/mol. The maximum Gasteiger partial charge on any atom is 0.317 e. The number of urea groups is 1. The van der Waals surface area contributed by atoms with Crippen LogP contribution in [0.3, 0.4) is 0 Å². The predicted octanol–water partition coefficient (Wildman–Crippen LogP) is 4.74. The number of carbonyl (C=O) groups is 2. The summed E-state index contributed by atoms with van der Waals surface area (Å²) in [4.78, 5) is 24.9. The maximum absolute atomic E-state index is 12.9. The molecule has 0 spiro atoms. The van der Waals surface area contributed by atoms with Gasteiger partial charge in [0.1, 0.15) is 5.00 Å². The molecule has 1 fully saturated rings. The van der Waals surface area contributed by atoms with Crippen LogP contribution in [0.1, 0.15) is 29.6 Å². The number of amides is 3. The Morgan fingerprint density at radius 3 is 2.71 bits per heavy atom. The molecule has 0 radical (unpaired) electrons. The Kier molecular flexibility index (Phi) is 7.06. The second kappa shape index (κ2) is 9.33. The number of halogens is 3. The van der Waals surface area contributed by atoms with Crippen LogP contribution in [-0.2, 0) is 0 Å². The van der Waals surface area contributed by atoms with E-state index < -0.39 is 6.03 Å². The molecule has 1 aromatic heterocycles. The second-order valence-electron chi connectivity index (χ2n) is 6.46. The zero-order valence-corrected chi connectivity index (χ0v) is 17.9. The molecule has 1 aromatic carbocycles. The van der Waals surface area contributed by atoms with Crippen LogP contribution in [0.25, 0.3) is 10.4 Å². The van der Waals surface area contributed by atoms with Crippen LogP contribution in [0.5, 0.6) is 0 Å². The Balaban J connectivity index is 1.94. The van der Waals surface area contributed by atoms with Crippen molar-refractivity contribution >= 4 is 63.1 Å². The number of anilines is 1. The van der Waals surface area contributed by atoms with Gasteiger partial charge in [0.2, 0.25) is 0 Å². The van der Waals surface area contributed by atoms with Crippen molar-refractivity contribution < 1.29 is 9.59 Å². The molecule has 3 rings (SSSR count). The lowest BCUT2D eigenvalue weighted by Gasteiger charge is -2.16. The first-order valence-electron chi connectivity index (χ1n) is 8.72. The lowest BCUT2D eigenvalue weighted by Crippen LogP contribution is -2.41. The molecule has 1 aliphatic rings. The van der Waals surface area contributed by atoms with Crippen molar-refractivity contribution in [1.29, 1.82) is 0 Å². The summed E-state index contributed by atoms with van der Waals surface area (Å²) < 4.78 is 0. The third-order valence-corrected chi connectivity index (χ3v) is 6.46. The molecule has 3 amide bonds. The van der Waals surface area contributed by atoms with Crippen molar-refractivity contribution in [1.82, 2.24) is 10.6 Å². The number of thiophene rings is 1. The standard InChI is InChI=1S/C18H19Cl3N4O2S/c19-9-5-11(15(21)13(20)6-9)14-7-12(17(28-14)25-18(22)27)16(26)24-10-3-1-2-4-23-8-10/h5-7,10,23H,1-4,8H2,(H,24,26)(H3,22,25,27)/t10-/m0/s1. The molecule has 0 unspecified atom stereocenters. The van der Waals surface area contributed by atoms with E-state index in [1.165, 1.54) is 17.4 Å². The van der Waals surface area contributed by atoms with Crippen LogP contribution in [0, 0.1) is 0 Å². The van der Waals surface area contributed by atoms with E-state index in [9.17, 15) is 9.59 Å². The summed E-state index contributed by atoms with van der Waals surface area (Å²) in [7, 11) is 0. The summed E-state index contributed by atoms with van der Waals surface area (Å²) in [5, 5.41) is 10.2. The summed E-state index contributed by atoms with van der Waals surface area (Å²) in [5.41, 5.74) is 6.16. The second-order valence-corrected chi connectivity index (χ2v) is 8.74. The molecular formula is C18H19Cl3N4O2S. The molecule has 1 atom stereocenters. The highest BCUT2D eigenvalue weighted by molar-refractivity contribution is 7.20. The van der Waals surface area contributed by atoms with Crippen LogP contribution in [-0.4, -0.2) is 31.1 Å². The molecule has 5 N–H and O–H groups in total. The monoisotopic (exact) mass is 460 g/mol. The summed E-state index contributed by atoms with van der Waals surface area (Å²) >= 11 is 19.7. The van der Waals surface area contributed by atoms with Gasteiger partial charge in [-0.3, -0.25) is 10.1 Å². The zero-order chi connectivity index (χ0) is 20.3. The normalized spacial score (nSPS) is 17.0. The number of hydrogen-bond donors (Lipinski definition) is 4. The smallest absolute Gasteiger partial charge is 0.317 e. The van der Waals surface area contributed by atoms with E-state index in [1.807, 2.05) is 0 Å². The molecule has 1 saturated heterocycles. The van der Waals surface area contributed by atoms with E-state index >= 15 is 0 Å². The average molecular weight is 462 g/mol. The number of hydrogen-bond acceptors (Lipinski definition) is 4. The third kappa shape index (κ3) is 5.10. The SMILES string of the molecule is NC(=O)Nc1sc(-c2cc(Cl)cc(Cl)c2Cl)cc1C(=O)N[C@H]1CCCCNC1. The van der Waals surface area contributed by atoms with Crippen molar-refractivity contribution in [3.8, 4) is 10.4 Å². The highest BCUT2D eigenvalue weighted by Crippen LogP contribution is 2.42. The largest absolute Gasteiger partial charge is 0.351 e. The van der Waals surface area contributed by atoms with E-state index in [0.29, 0.717) is 42.6 Å². The number of carbonyl (C=O) groups excluding carboxylic acids is 2. The highest BCUT2D eigenvalue weighted by atomic mass is 35.5. The number of primary amides is 1. The molecule has 0 saturated carbocycles. The number of rotatable bonds is 4. The number of nitrogens with two attached hydrogens (primary N) is 1. The first kappa shape index (κ1) is 21.2. The number of benzene rings is 1. The Hall–Kier alpha value is -1.51. The molecule has 1 aliphatic heterocycles. The predicted molar refractivity (Wildman–Crippen MR) is 116 cm³/mol. The average Bonchev–Trinajstić information content (AvgIpc) is 2.85. The minimum absolute atomic E-state index is 0.0176. The molecule has 0 aliphatic carbocycles. The van der Waals surface area contributed by atoms with Crippen molar-refractivity contribution in [2.45, 2.75) is 25.3 Å². The molecule has 2 aromatic rings. The summed E-state index contributed by atoms with van der Waals surface area (Å²) in [6, 6.07) is 4.12. The Morgan fingerprint density at radius 1 is 1.18 bits per heavy atom. The van der Waals surface area contributed by atoms with Crippen LogP contribution in [0.2, 0.25) is 15.1 Å². The zero-order valence-electron chi connectivity index (χ0n) is 14.8. The Bertz CT molecular complexity index is 895. The van der Waals surface area contributed by atoms with Crippen molar-refractivity contribution in [3.05, 3.63) is 38.8 Å². The van der Waals surface area contributed by atoms with Gasteiger partial charge in [0.05, 0.1) is 15.6 Å². The van der Waals surface area contributed by atoms with Crippen LogP contribution in [0.15, 0.2) is 18.2 Å². The third-order valence-electron chi connectivity index (χ3n) is 4.35. The molecule has 6 nitrogen and oxygen atoms in total. The lowest BCUT2D eigenvalue weighted by molar-refractivity contribution is 0.0937. The quantitative estimate of drug-likeness (QED) is 0.495. The molecule has 2 heterocycles. The van der Waals surface area contributed by atoms with Gasteiger partial charge in [-0.2, -0.15) is 0 Å². The molecule has 28 heavy (non-hydrogen) atoms. The van der Waals surface area contributed by atoms with Gasteiger partial charge in [0.15, 0.2) is 0 Å². The first-order valence-corrected chi connectivity index (χ1v) is 10.7. The van der Waals surface area contributed by atoms with Gasteiger partial charge in [0.25, 0.3) is 5.91 Å². The van der Waals surface area contributed by atoms with Crippen molar-refractivity contribution in [2.24, 2.45) is 5.73 Å². The summed E-state index contributed by atoms with van der Waals surface area (Å²) in [6.07, 6.45) is 3.01. The highest BCUT2D eigenvalue weighted by Gasteiger charge is 2.23. The Labute approximate surface area is 181 Å². The first-order chi connectivity index (χ1) is 13.3. The van der Waals surface area contributed by atoms with E-state index in [2.05, 4.69) is 16.0 Å². The van der Waals surface area contributed by atoms with Crippen molar-refractivity contribution in [3.63, 3.8) is 0 Å². The van der Waals surface area contributed by atoms with Crippen molar-refractivity contribution in [2.75, 3.05) is 18.4 Å². The Morgan fingerprint density at radius 2 is 1.96 bits per heavy atom. The van der Waals surface area contributed by atoms with Crippen LogP contribution < -0.4 is 21.7 Å². The van der Waals surface area contributed by atoms with Gasteiger partial charge >= 0.3 is 6.03 Å². The fourth-order valence-corrected chi connectivity index (χ4v) is 4.88. The van der Waals surface area contributed by atoms with Crippen LogP contribution in [0.4, 0.5) is 9.80 Å². The summed E-state index contributed by atoms with van der Waals surface area (Å²) in [5.74, 6) is -0.288. The fraction of sp³-hybridized carbons (Fsp3) is 0.333. The van der Waals surface area contributed by atoms with Gasteiger partial charge < -0.3 is 16.4 Å². The fourth-order valence-electron chi connectivity index (χ4n) is 3.04. The topological polar surface area (TPSA) is 96.2 Å². The minimum atomic E-state index is -0.756. The van der Waals surface area contributed by atoms with E-state index in [-0.39, 0.29) is 11.9 Å². The maximum atomic E-state index is 12.9. The van der Waals surface area contributed by atoms with E-state index in [0.717, 1.165) is 25.8 Å². The van der Waals surface area contributed by atoms with E-state index in [1.54, 1.807) is 12.1 Å². The molecule has 0 bridgehead atoms. The van der Waals surface area contributed by atoms with Crippen LogP contribution >= 0.6 is 46.1 Å². The van der Waals surface area contributed by atoms with Gasteiger partial charge in [0, 0.05) is 28.0 Å². The number of nitrogens with one attached hydrogen (secondary N) is 3. The van der Waals surface area contributed by atoms with Gasteiger partial charge in [-0.15, -0.1) is 11.3 Å².